The van der Waals surface area contributed by atoms with Gasteiger partial charge in [0.05, 0.1) is 0 Å². The van der Waals surface area contributed by atoms with Crippen molar-refractivity contribution < 1.29 is 33.8 Å². The molecule has 248 valence electrons. The number of carboxylic acid groups (broad SMARTS) is 1. The first kappa shape index (κ1) is 37.5. The lowest BCUT2D eigenvalue weighted by molar-refractivity contribution is -0.150. The fraction of sp³-hybridized carbons (Fsp3) is 0.568. The summed E-state index contributed by atoms with van der Waals surface area (Å²) in [6, 6.07) is 18.0. The molecule has 1 atom stereocenters. The van der Waals surface area contributed by atoms with Gasteiger partial charge in [-0.25, -0.2) is 4.79 Å². The van der Waals surface area contributed by atoms with Crippen LogP contribution in [0.1, 0.15) is 127 Å². The smallest absolute Gasteiger partial charge is 0.328 e. The molecule has 2 N–H and O–H groups in total. The molecule has 0 saturated heterocycles. The monoisotopic (exact) mass is 623 g/mol. The first-order valence-corrected chi connectivity index (χ1v) is 16.9. The van der Waals surface area contributed by atoms with Gasteiger partial charge in [-0.1, -0.05) is 138 Å². The molecule has 0 aliphatic rings. The van der Waals surface area contributed by atoms with Crippen LogP contribution in [0.3, 0.4) is 0 Å². The minimum absolute atomic E-state index is 0.00259. The second-order valence-electron chi connectivity index (χ2n) is 11.7. The number of nitrogens with one attached hydrogen (secondary N) is 1. The Bertz CT molecular complexity index is 1090. The van der Waals surface area contributed by atoms with Crippen LogP contribution < -0.4 is 5.32 Å². The standard InChI is InChI=1S/C37H53NO7/c39-34(38-33(27-28-35(40)41)37(43)45-30-32-23-17-14-18-24-32)25-19-11-9-7-5-3-1-2-4-6-8-10-12-20-26-36(42)44-29-31-21-15-13-16-22-31/h13-18,21-24,33H,1-12,19-20,25-30H2,(H,38,39)(H,40,41)/t33-/m0/s1. The minimum atomic E-state index is -1.02. The lowest BCUT2D eigenvalue weighted by atomic mass is 10.0. The zero-order valence-electron chi connectivity index (χ0n) is 26.9. The summed E-state index contributed by atoms with van der Waals surface area (Å²) in [4.78, 5) is 47.8. The van der Waals surface area contributed by atoms with Gasteiger partial charge in [-0.2, -0.15) is 0 Å². The Hall–Kier alpha value is -3.68. The number of amides is 1. The molecule has 1 amide bonds. The molecule has 0 radical (unpaired) electrons. The Morgan fingerprint density at radius 1 is 0.556 bits per heavy atom. The number of rotatable bonds is 26. The maximum atomic E-state index is 12.5. The van der Waals surface area contributed by atoms with E-state index in [1.54, 1.807) is 0 Å². The van der Waals surface area contributed by atoms with E-state index in [0.29, 0.717) is 19.4 Å². The number of esters is 2. The van der Waals surface area contributed by atoms with Crippen molar-refractivity contribution in [3.05, 3.63) is 71.8 Å². The van der Waals surface area contributed by atoms with E-state index >= 15 is 0 Å². The molecule has 2 aromatic rings. The largest absolute Gasteiger partial charge is 0.481 e. The predicted octanol–water partition coefficient (Wildman–Crippen LogP) is 8.06. The molecule has 0 heterocycles. The number of hydrogen-bond donors (Lipinski definition) is 2. The third-order valence-electron chi connectivity index (χ3n) is 7.77. The van der Waals surface area contributed by atoms with Crippen LogP contribution in [0.15, 0.2) is 60.7 Å². The van der Waals surface area contributed by atoms with Crippen LogP contribution in [0.2, 0.25) is 0 Å². The zero-order valence-corrected chi connectivity index (χ0v) is 26.9. The summed E-state index contributed by atoms with van der Waals surface area (Å²) in [7, 11) is 0. The van der Waals surface area contributed by atoms with Crippen LogP contribution in [0.4, 0.5) is 0 Å². The predicted molar refractivity (Wildman–Crippen MR) is 175 cm³/mol. The Morgan fingerprint density at radius 2 is 0.978 bits per heavy atom. The van der Waals surface area contributed by atoms with E-state index < -0.39 is 18.0 Å². The van der Waals surface area contributed by atoms with Gasteiger partial charge in [0.25, 0.3) is 0 Å². The normalized spacial score (nSPS) is 11.5. The van der Waals surface area contributed by atoms with Crippen LogP contribution >= 0.6 is 0 Å². The van der Waals surface area contributed by atoms with Crippen molar-refractivity contribution in [1.82, 2.24) is 5.32 Å². The first-order valence-electron chi connectivity index (χ1n) is 16.9. The maximum Gasteiger partial charge on any atom is 0.328 e. The second kappa shape index (κ2) is 24.6. The van der Waals surface area contributed by atoms with E-state index in [0.717, 1.165) is 49.7 Å². The lowest BCUT2D eigenvalue weighted by Crippen LogP contribution is -2.42. The number of ether oxygens (including phenoxy) is 2. The van der Waals surface area contributed by atoms with Crippen LogP contribution in [0, 0.1) is 0 Å². The fourth-order valence-corrected chi connectivity index (χ4v) is 5.10. The number of carboxylic acids is 1. The van der Waals surface area contributed by atoms with Gasteiger partial charge < -0.3 is 19.9 Å². The van der Waals surface area contributed by atoms with E-state index in [9.17, 15) is 19.2 Å². The minimum Gasteiger partial charge on any atom is -0.481 e. The van der Waals surface area contributed by atoms with E-state index in [-0.39, 0.29) is 31.3 Å². The van der Waals surface area contributed by atoms with Crippen LogP contribution in [0.5, 0.6) is 0 Å². The van der Waals surface area contributed by atoms with Gasteiger partial charge in [-0.3, -0.25) is 14.4 Å². The first-order chi connectivity index (χ1) is 21.9. The third kappa shape index (κ3) is 20.1. The van der Waals surface area contributed by atoms with Crippen LogP contribution in [-0.2, 0) is 41.9 Å². The van der Waals surface area contributed by atoms with E-state index in [1.165, 1.54) is 51.4 Å². The van der Waals surface area contributed by atoms with Gasteiger partial charge in [-0.15, -0.1) is 0 Å². The average Bonchev–Trinajstić information content (AvgIpc) is 3.05. The fourth-order valence-electron chi connectivity index (χ4n) is 5.10. The molecule has 0 aliphatic heterocycles. The average molecular weight is 624 g/mol. The summed E-state index contributed by atoms with van der Waals surface area (Å²) in [5.41, 5.74) is 1.85. The highest BCUT2D eigenvalue weighted by atomic mass is 16.5. The molecule has 0 aromatic heterocycles. The molecule has 0 aliphatic carbocycles. The molecular formula is C37H53NO7. The SMILES string of the molecule is O=C(O)CC[C@H](NC(=O)CCCCCCCCCCCCCCCCC(=O)OCc1ccccc1)C(=O)OCc1ccccc1. The van der Waals surface area contributed by atoms with Crippen molar-refractivity contribution in [3.8, 4) is 0 Å². The zero-order chi connectivity index (χ0) is 32.4. The van der Waals surface area contributed by atoms with Gasteiger partial charge in [0, 0.05) is 19.3 Å². The van der Waals surface area contributed by atoms with Crippen LogP contribution in [-0.4, -0.2) is 35.0 Å². The lowest BCUT2D eigenvalue weighted by Gasteiger charge is -2.17. The highest BCUT2D eigenvalue weighted by Gasteiger charge is 2.23. The number of carbonyl (C=O) groups is 4. The van der Waals surface area contributed by atoms with Crippen molar-refractivity contribution in [2.45, 2.75) is 135 Å². The molecule has 0 fully saturated rings. The Labute approximate surface area is 269 Å². The molecule has 0 saturated carbocycles. The highest BCUT2D eigenvalue weighted by Crippen LogP contribution is 2.14. The van der Waals surface area contributed by atoms with Crippen molar-refractivity contribution >= 4 is 23.8 Å². The molecule has 0 bridgehead atoms. The second-order valence-corrected chi connectivity index (χ2v) is 11.7. The van der Waals surface area contributed by atoms with Gasteiger partial charge in [0.15, 0.2) is 0 Å². The van der Waals surface area contributed by atoms with Crippen LogP contribution in [0.25, 0.3) is 0 Å². The van der Waals surface area contributed by atoms with E-state index in [1.807, 2.05) is 60.7 Å². The van der Waals surface area contributed by atoms with E-state index in [2.05, 4.69) is 5.32 Å². The molecule has 8 nitrogen and oxygen atoms in total. The molecular weight excluding hydrogens is 570 g/mol. The van der Waals surface area contributed by atoms with Crippen molar-refractivity contribution in [2.75, 3.05) is 0 Å². The summed E-state index contributed by atoms with van der Waals surface area (Å²) < 4.78 is 10.6. The maximum absolute atomic E-state index is 12.5. The van der Waals surface area contributed by atoms with Gasteiger partial charge in [0.1, 0.15) is 19.3 Å². The quantitative estimate of drug-likeness (QED) is 0.0803. The Kier molecular flexibility index (Phi) is 20.5. The molecule has 8 heteroatoms. The molecule has 45 heavy (non-hydrogen) atoms. The summed E-state index contributed by atoms with van der Waals surface area (Å²) in [6.45, 7) is 0.435. The van der Waals surface area contributed by atoms with Crippen molar-refractivity contribution in [2.24, 2.45) is 0 Å². The number of hydrogen-bond acceptors (Lipinski definition) is 6. The summed E-state index contributed by atoms with van der Waals surface area (Å²) >= 11 is 0. The van der Waals surface area contributed by atoms with Gasteiger partial charge in [0.2, 0.25) is 5.91 Å². The molecule has 0 spiro atoms. The molecule has 2 rings (SSSR count). The highest BCUT2D eigenvalue weighted by molar-refractivity contribution is 5.84. The summed E-state index contributed by atoms with van der Waals surface area (Å²) in [5, 5.41) is 11.7. The van der Waals surface area contributed by atoms with Gasteiger partial charge in [-0.05, 0) is 30.4 Å². The third-order valence-corrected chi connectivity index (χ3v) is 7.77. The van der Waals surface area contributed by atoms with Gasteiger partial charge >= 0.3 is 17.9 Å². The number of aliphatic carboxylic acids is 1. The summed E-state index contributed by atoms with van der Waals surface area (Å²) in [5.74, 6) is -1.99. The topological polar surface area (TPSA) is 119 Å². The summed E-state index contributed by atoms with van der Waals surface area (Å²) in [6.07, 6.45) is 16.4. The Balaban J connectivity index is 1.39. The van der Waals surface area contributed by atoms with Crippen molar-refractivity contribution in [1.29, 1.82) is 0 Å². The number of carbonyl (C=O) groups excluding carboxylic acids is 3. The number of benzene rings is 2. The Morgan fingerprint density at radius 3 is 1.44 bits per heavy atom. The van der Waals surface area contributed by atoms with E-state index in [4.69, 9.17) is 14.6 Å². The molecule has 0 unspecified atom stereocenters. The van der Waals surface area contributed by atoms with Crippen molar-refractivity contribution in [3.63, 3.8) is 0 Å². The number of unbranched alkanes of at least 4 members (excludes halogenated alkanes) is 13. The molecule has 2 aromatic carbocycles.